The first-order valence-electron chi connectivity index (χ1n) is 12.3. The Kier molecular flexibility index (Phi) is 5.88. The molecule has 0 aliphatic heterocycles. The van der Waals surface area contributed by atoms with Crippen LogP contribution in [0.1, 0.15) is 43.0 Å². The SMILES string of the molecule is CC(C)(C)C(=O)OC1C(c2ccccc2)(c2ccccc2)C(=O)C1(c1ccccc1)c1ccccc1. The van der Waals surface area contributed by atoms with Crippen molar-refractivity contribution in [3.63, 3.8) is 0 Å². The molecular weight excluding hydrogens is 444 g/mol. The minimum atomic E-state index is -1.16. The summed E-state index contributed by atoms with van der Waals surface area (Å²) in [5.41, 5.74) is 0.206. The molecule has 3 heteroatoms. The highest BCUT2D eigenvalue weighted by Gasteiger charge is 2.76. The standard InChI is InChI=1S/C33H30O3/c1-31(2,3)30(35)36-29-32(24-16-8-4-9-17-24,25-18-10-5-11-19-25)28(34)33(29,26-20-12-6-13-21-26)27-22-14-7-15-23-27/h4-23,29H,1-3H3. The van der Waals surface area contributed by atoms with Crippen LogP contribution in [0.3, 0.4) is 0 Å². The van der Waals surface area contributed by atoms with Crippen molar-refractivity contribution in [1.82, 2.24) is 0 Å². The maximum Gasteiger partial charge on any atom is 0.311 e. The molecule has 1 saturated carbocycles. The Morgan fingerprint density at radius 1 is 0.583 bits per heavy atom. The molecule has 0 aromatic heterocycles. The number of Topliss-reactive ketones (excluding diaryl/α,β-unsaturated/α-hetero) is 1. The van der Waals surface area contributed by atoms with E-state index in [2.05, 4.69) is 0 Å². The smallest absolute Gasteiger partial charge is 0.311 e. The number of esters is 1. The van der Waals surface area contributed by atoms with E-state index in [1.165, 1.54) is 0 Å². The first-order chi connectivity index (χ1) is 17.3. The van der Waals surface area contributed by atoms with Crippen molar-refractivity contribution >= 4 is 11.8 Å². The fourth-order valence-electron chi connectivity index (χ4n) is 5.52. The van der Waals surface area contributed by atoms with Crippen LogP contribution in [0.4, 0.5) is 0 Å². The summed E-state index contributed by atoms with van der Waals surface area (Å²) in [5, 5.41) is 0. The number of hydrogen-bond donors (Lipinski definition) is 0. The number of rotatable bonds is 5. The largest absolute Gasteiger partial charge is 0.458 e. The third-order valence-electron chi connectivity index (χ3n) is 7.26. The molecule has 3 nitrogen and oxygen atoms in total. The van der Waals surface area contributed by atoms with Crippen LogP contribution < -0.4 is 0 Å². The summed E-state index contributed by atoms with van der Waals surface area (Å²) in [5.74, 6) is -0.344. The monoisotopic (exact) mass is 474 g/mol. The molecule has 1 fully saturated rings. The number of carbonyl (C=O) groups excluding carboxylic acids is 2. The minimum Gasteiger partial charge on any atom is -0.458 e. The van der Waals surface area contributed by atoms with Gasteiger partial charge in [0.2, 0.25) is 0 Å². The Morgan fingerprint density at radius 2 is 0.861 bits per heavy atom. The van der Waals surface area contributed by atoms with Gasteiger partial charge in [-0.25, -0.2) is 0 Å². The number of ketones is 1. The average molecular weight is 475 g/mol. The highest BCUT2D eigenvalue weighted by atomic mass is 16.6. The fourth-order valence-corrected chi connectivity index (χ4v) is 5.52. The molecule has 0 atom stereocenters. The van der Waals surface area contributed by atoms with E-state index in [9.17, 15) is 4.79 Å². The molecule has 180 valence electrons. The molecule has 0 amide bonds. The molecule has 36 heavy (non-hydrogen) atoms. The Hall–Kier alpha value is -3.98. The first-order valence-corrected chi connectivity index (χ1v) is 12.3. The number of carbonyl (C=O) groups is 2. The van der Waals surface area contributed by atoms with Gasteiger partial charge in [0.25, 0.3) is 0 Å². The van der Waals surface area contributed by atoms with Crippen molar-refractivity contribution in [1.29, 1.82) is 0 Å². The Balaban J connectivity index is 1.86. The second-order valence-electron chi connectivity index (χ2n) is 10.4. The van der Waals surface area contributed by atoms with Gasteiger partial charge in [-0.15, -0.1) is 0 Å². The summed E-state index contributed by atoms with van der Waals surface area (Å²) in [6.07, 6.45) is -0.793. The summed E-state index contributed by atoms with van der Waals surface area (Å²) in [7, 11) is 0. The third-order valence-corrected chi connectivity index (χ3v) is 7.26. The highest BCUT2D eigenvalue weighted by molar-refractivity contribution is 6.13. The molecule has 4 aromatic carbocycles. The maximum absolute atomic E-state index is 15.1. The molecule has 0 bridgehead atoms. The zero-order chi connectivity index (χ0) is 25.4. The quantitative estimate of drug-likeness (QED) is 0.310. The molecule has 0 unspecified atom stereocenters. The normalized spacial score (nSPS) is 16.7. The zero-order valence-electron chi connectivity index (χ0n) is 20.8. The summed E-state index contributed by atoms with van der Waals surface area (Å²) < 4.78 is 6.51. The lowest BCUT2D eigenvalue weighted by molar-refractivity contribution is -0.181. The van der Waals surface area contributed by atoms with Gasteiger partial charge in [0.05, 0.1) is 5.41 Å². The van der Waals surface area contributed by atoms with Crippen molar-refractivity contribution in [3.8, 4) is 0 Å². The number of hydrogen-bond acceptors (Lipinski definition) is 3. The first kappa shape index (κ1) is 23.7. The number of ether oxygens (including phenoxy) is 1. The summed E-state index contributed by atoms with van der Waals surface area (Å²) in [6, 6.07) is 38.9. The lowest BCUT2D eigenvalue weighted by Gasteiger charge is -2.60. The van der Waals surface area contributed by atoms with E-state index < -0.39 is 22.3 Å². The molecule has 0 radical (unpaired) electrons. The van der Waals surface area contributed by atoms with Gasteiger partial charge < -0.3 is 4.74 Å². The van der Waals surface area contributed by atoms with Crippen molar-refractivity contribution < 1.29 is 14.3 Å². The predicted octanol–water partition coefficient (Wildman–Crippen LogP) is 6.50. The summed E-state index contributed by atoms with van der Waals surface area (Å²) >= 11 is 0. The van der Waals surface area contributed by atoms with E-state index in [4.69, 9.17) is 4.74 Å². The molecule has 0 N–H and O–H groups in total. The van der Waals surface area contributed by atoms with E-state index in [0.717, 1.165) is 22.3 Å². The number of benzene rings is 4. The van der Waals surface area contributed by atoms with Crippen LogP contribution in [0.15, 0.2) is 121 Å². The molecular formula is C33H30O3. The molecule has 1 aliphatic carbocycles. The van der Waals surface area contributed by atoms with E-state index in [0.29, 0.717) is 0 Å². The molecule has 1 aliphatic rings. The molecule has 4 aromatic rings. The van der Waals surface area contributed by atoms with Gasteiger partial charge in [-0.1, -0.05) is 121 Å². The summed E-state index contributed by atoms with van der Waals surface area (Å²) in [6.45, 7) is 5.53. The zero-order valence-corrected chi connectivity index (χ0v) is 20.8. The fraction of sp³-hybridized carbons (Fsp3) is 0.212. The third kappa shape index (κ3) is 3.42. The maximum atomic E-state index is 15.1. The van der Waals surface area contributed by atoms with Crippen LogP contribution in [0.5, 0.6) is 0 Å². The van der Waals surface area contributed by atoms with Crippen LogP contribution in [0.25, 0.3) is 0 Å². The lowest BCUT2D eigenvalue weighted by Crippen LogP contribution is -2.76. The van der Waals surface area contributed by atoms with Gasteiger partial charge in [0.15, 0.2) is 5.78 Å². The van der Waals surface area contributed by atoms with Crippen LogP contribution in [0.2, 0.25) is 0 Å². The van der Waals surface area contributed by atoms with E-state index in [1.54, 1.807) is 0 Å². The Labute approximate surface area is 212 Å². The average Bonchev–Trinajstić information content (AvgIpc) is 2.91. The van der Waals surface area contributed by atoms with Gasteiger partial charge in [-0.2, -0.15) is 0 Å². The van der Waals surface area contributed by atoms with Crippen molar-refractivity contribution in [2.45, 2.75) is 37.7 Å². The molecule has 0 heterocycles. The van der Waals surface area contributed by atoms with Gasteiger partial charge in [-0.05, 0) is 43.0 Å². The van der Waals surface area contributed by atoms with Crippen LogP contribution in [-0.2, 0) is 25.2 Å². The predicted molar refractivity (Wildman–Crippen MR) is 142 cm³/mol. The van der Waals surface area contributed by atoms with Crippen molar-refractivity contribution in [2.24, 2.45) is 5.41 Å². The molecule has 5 rings (SSSR count). The Morgan fingerprint density at radius 3 is 1.11 bits per heavy atom. The minimum absolute atomic E-state index is 0.00323. The van der Waals surface area contributed by atoms with Crippen LogP contribution in [-0.4, -0.2) is 17.9 Å². The van der Waals surface area contributed by atoms with Gasteiger partial charge in [-0.3, -0.25) is 9.59 Å². The molecule has 0 saturated heterocycles. The van der Waals surface area contributed by atoms with Gasteiger partial charge >= 0.3 is 5.97 Å². The van der Waals surface area contributed by atoms with Crippen LogP contribution in [0, 0.1) is 5.41 Å². The van der Waals surface area contributed by atoms with Gasteiger partial charge in [0.1, 0.15) is 16.9 Å². The van der Waals surface area contributed by atoms with Crippen LogP contribution >= 0.6 is 0 Å². The highest BCUT2D eigenvalue weighted by Crippen LogP contribution is 2.61. The summed E-state index contributed by atoms with van der Waals surface area (Å²) in [4.78, 5) is 28.6. The van der Waals surface area contributed by atoms with Crippen molar-refractivity contribution in [2.75, 3.05) is 0 Å². The lowest BCUT2D eigenvalue weighted by atomic mass is 9.41. The second-order valence-corrected chi connectivity index (χ2v) is 10.4. The van der Waals surface area contributed by atoms with E-state index in [-0.39, 0.29) is 11.8 Å². The second kappa shape index (κ2) is 8.91. The topological polar surface area (TPSA) is 43.4 Å². The molecule has 0 spiro atoms. The van der Waals surface area contributed by atoms with E-state index in [1.807, 2.05) is 142 Å². The Bertz CT molecular complexity index is 1180. The van der Waals surface area contributed by atoms with Gasteiger partial charge in [0, 0.05) is 0 Å². The van der Waals surface area contributed by atoms with E-state index >= 15 is 4.79 Å². The van der Waals surface area contributed by atoms with Crippen molar-refractivity contribution in [3.05, 3.63) is 144 Å².